The minimum absolute atomic E-state index is 0.0818. The summed E-state index contributed by atoms with van der Waals surface area (Å²) < 4.78 is 75.7. The van der Waals surface area contributed by atoms with Crippen molar-refractivity contribution in [1.82, 2.24) is 9.03 Å². The Kier molecular flexibility index (Phi) is 8.65. The summed E-state index contributed by atoms with van der Waals surface area (Å²) in [5.41, 5.74) is 3.86. The Balaban J connectivity index is 1.48. The zero-order chi connectivity index (χ0) is 28.4. The van der Waals surface area contributed by atoms with Gasteiger partial charge < -0.3 is 9.64 Å². The molecule has 11 heteroatoms. The molecule has 0 aromatic heterocycles. The fourth-order valence-corrected chi connectivity index (χ4v) is 7.91. The van der Waals surface area contributed by atoms with E-state index >= 15 is 0 Å². The van der Waals surface area contributed by atoms with Gasteiger partial charge in [-0.1, -0.05) is 29.8 Å². The lowest BCUT2D eigenvalue weighted by molar-refractivity contribution is 0.377. The molecule has 0 bridgehead atoms. The van der Waals surface area contributed by atoms with Gasteiger partial charge in [-0.3, -0.25) is 0 Å². The van der Waals surface area contributed by atoms with Gasteiger partial charge >= 0.3 is 0 Å². The minimum Gasteiger partial charge on any atom is -0.495 e. The van der Waals surface area contributed by atoms with E-state index in [0.29, 0.717) is 35.8 Å². The molecular weight excluding hydrogens is 541 g/mol. The third kappa shape index (κ3) is 6.43. The highest BCUT2D eigenvalue weighted by Crippen LogP contribution is 2.33. The molecule has 0 amide bonds. The van der Waals surface area contributed by atoms with Crippen LogP contribution < -0.4 is 14.4 Å². The Morgan fingerprint density at radius 2 is 1.49 bits per heavy atom. The lowest BCUT2D eigenvalue weighted by Crippen LogP contribution is -2.49. The maximum absolute atomic E-state index is 13.5. The molecule has 0 unspecified atom stereocenters. The molecule has 3 aromatic rings. The second-order valence-corrected chi connectivity index (χ2v) is 13.4. The highest BCUT2D eigenvalue weighted by atomic mass is 32.2. The first-order chi connectivity index (χ1) is 18.4. The van der Waals surface area contributed by atoms with E-state index in [-0.39, 0.29) is 30.3 Å². The van der Waals surface area contributed by atoms with Gasteiger partial charge in [0, 0.05) is 32.7 Å². The summed E-state index contributed by atoms with van der Waals surface area (Å²) in [4.78, 5) is 2.37. The van der Waals surface area contributed by atoms with Crippen LogP contribution in [0.4, 0.5) is 10.1 Å². The van der Waals surface area contributed by atoms with E-state index in [4.69, 9.17) is 4.74 Å². The number of piperazine rings is 1. The first-order valence-corrected chi connectivity index (χ1v) is 15.6. The number of benzene rings is 3. The van der Waals surface area contributed by atoms with Crippen LogP contribution in [0.2, 0.25) is 0 Å². The van der Waals surface area contributed by atoms with E-state index < -0.39 is 20.0 Å². The van der Waals surface area contributed by atoms with Crippen LogP contribution in [0.15, 0.2) is 64.4 Å². The summed E-state index contributed by atoms with van der Waals surface area (Å²) in [5.74, 6) is 0.158. The Hall–Kier alpha value is -2.99. The van der Waals surface area contributed by atoms with Gasteiger partial charge in [-0.25, -0.2) is 25.9 Å². The van der Waals surface area contributed by atoms with Gasteiger partial charge in [-0.05, 0) is 74.2 Å². The van der Waals surface area contributed by atoms with Gasteiger partial charge in [0.2, 0.25) is 20.0 Å². The highest BCUT2D eigenvalue weighted by molar-refractivity contribution is 7.89. The number of sulfonamides is 2. The van der Waals surface area contributed by atoms with Crippen LogP contribution in [0.3, 0.4) is 0 Å². The standard InChI is InChI=1S/C28H34FN3O5S2/c1-20-17-21(2)28(22(3)18-20)39(35,36)32-15-13-31(14-16-32)26-19-25(9-10-27(26)37-4)38(33,34)30-12-11-23-5-7-24(29)8-6-23/h5-10,17-19,30H,11-16H2,1-4H3. The molecular formula is C28H34FN3O5S2. The zero-order valence-corrected chi connectivity index (χ0v) is 24.2. The highest BCUT2D eigenvalue weighted by Gasteiger charge is 2.32. The van der Waals surface area contributed by atoms with Crippen molar-refractivity contribution in [1.29, 1.82) is 0 Å². The van der Waals surface area contributed by atoms with Crippen LogP contribution in [0.25, 0.3) is 0 Å². The second kappa shape index (κ2) is 11.6. The molecule has 1 fully saturated rings. The van der Waals surface area contributed by atoms with E-state index in [1.54, 1.807) is 24.3 Å². The lowest BCUT2D eigenvalue weighted by Gasteiger charge is -2.36. The number of aryl methyl sites for hydroxylation is 3. The normalized spacial score (nSPS) is 14.9. The van der Waals surface area contributed by atoms with Crippen LogP contribution >= 0.6 is 0 Å². The zero-order valence-electron chi connectivity index (χ0n) is 22.6. The lowest BCUT2D eigenvalue weighted by atomic mass is 10.1. The number of rotatable bonds is 9. The fraction of sp³-hybridized carbons (Fsp3) is 0.357. The molecule has 0 saturated carbocycles. The maximum Gasteiger partial charge on any atom is 0.243 e. The molecule has 4 rings (SSSR count). The van der Waals surface area contributed by atoms with Gasteiger partial charge in [-0.15, -0.1) is 0 Å². The summed E-state index contributed by atoms with van der Waals surface area (Å²) in [6.45, 7) is 6.99. The molecule has 210 valence electrons. The minimum atomic E-state index is -3.82. The topological polar surface area (TPSA) is 96.0 Å². The molecule has 0 spiro atoms. The number of halogens is 1. The molecule has 0 radical (unpaired) electrons. The largest absolute Gasteiger partial charge is 0.495 e. The third-order valence-corrected chi connectivity index (χ3v) is 10.5. The van der Waals surface area contributed by atoms with Crippen molar-refractivity contribution >= 4 is 25.7 Å². The van der Waals surface area contributed by atoms with E-state index in [1.165, 1.54) is 29.6 Å². The number of ether oxygens (including phenoxy) is 1. The summed E-state index contributed by atoms with van der Waals surface area (Å²) in [7, 11) is -5.99. The van der Waals surface area contributed by atoms with Crippen LogP contribution in [0.1, 0.15) is 22.3 Å². The van der Waals surface area contributed by atoms with E-state index in [9.17, 15) is 21.2 Å². The summed E-state index contributed by atoms with van der Waals surface area (Å²) in [5, 5.41) is 0. The summed E-state index contributed by atoms with van der Waals surface area (Å²) in [6, 6.07) is 14.3. The summed E-state index contributed by atoms with van der Waals surface area (Å²) >= 11 is 0. The van der Waals surface area contributed by atoms with Crippen molar-refractivity contribution in [3.63, 3.8) is 0 Å². The molecule has 1 heterocycles. The van der Waals surface area contributed by atoms with Gasteiger partial charge in [0.15, 0.2) is 0 Å². The predicted octanol–water partition coefficient (Wildman–Crippen LogP) is 3.79. The van der Waals surface area contributed by atoms with Crippen molar-refractivity contribution in [3.05, 3.63) is 82.7 Å². The molecule has 3 aromatic carbocycles. The van der Waals surface area contributed by atoms with Gasteiger partial charge in [-0.2, -0.15) is 4.31 Å². The smallest absolute Gasteiger partial charge is 0.243 e. The van der Waals surface area contributed by atoms with Crippen molar-refractivity contribution in [2.24, 2.45) is 0 Å². The number of hydrogen-bond acceptors (Lipinski definition) is 6. The van der Waals surface area contributed by atoms with E-state index in [2.05, 4.69) is 4.72 Å². The van der Waals surface area contributed by atoms with Crippen LogP contribution in [-0.4, -0.2) is 61.0 Å². The van der Waals surface area contributed by atoms with Gasteiger partial charge in [0.1, 0.15) is 11.6 Å². The number of nitrogens with zero attached hydrogens (tertiary/aromatic N) is 2. The maximum atomic E-state index is 13.5. The molecule has 1 aliphatic heterocycles. The molecule has 1 aliphatic rings. The second-order valence-electron chi connectivity index (χ2n) is 9.73. The van der Waals surface area contributed by atoms with Crippen molar-refractivity contribution in [2.45, 2.75) is 37.0 Å². The van der Waals surface area contributed by atoms with Gasteiger partial charge in [0.25, 0.3) is 0 Å². The monoisotopic (exact) mass is 575 g/mol. The first-order valence-electron chi connectivity index (χ1n) is 12.7. The fourth-order valence-electron chi connectivity index (χ4n) is 5.02. The Morgan fingerprint density at radius 3 is 2.08 bits per heavy atom. The van der Waals surface area contributed by atoms with Gasteiger partial charge in [0.05, 0.1) is 22.6 Å². The average Bonchev–Trinajstić information content (AvgIpc) is 2.88. The van der Waals surface area contributed by atoms with Crippen LogP contribution in [-0.2, 0) is 26.5 Å². The van der Waals surface area contributed by atoms with E-state index in [0.717, 1.165) is 22.3 Å². The van der Waals surface area contributed by atoms with Crippen molar-refractivity contribution in [3.8, 4) is 5.75 Å². The number of nitrogens with one attached hydrogen (secondary N) is 1. The quantitative estimate of drug-likeness (QED) is 0.417. The molecule has 0 aliphatic carbocycles. The van der Waals surface area contributed by atoms with Crippen LogP contribution in [0, 0.1) is 26.6 Å². The molecule has 8 nitrogen and oxygen atoms in total. The van der Waals surface area contributed by atoms with E-state index in [1.807, 2.05) is 37.8 Å². The SMILES string of the molecule is COc1ccc(S(=O)(=O)NCCc2ccc(F)cc2)cc1N1CCN(S(=O)(=O)c2c(C)cc(C)cc2C)CC1. The first kappa shape index (κ1) is 29.0. The predicted molar refractivity (Wildman–Crippen MR) is 150 cm³/mol. The average molecular weight is 576 g/mol. The molecule has 0 atom stereocenters. The Morgan fingerprint density at radius 1 is 0.872 bits per heavy atom. The van der Waals surface area contributed by atoms with Crippen LogP contribution in [0.5, 0.6) is 5.75 Å². The number of methoxy groups -OCH3 is 1. The third-order valence-electron chi connectivity index (χ3n) is 6.86. The number of anilines is 1. The molecule has 39 heavy (non-hydrogen) atoms. The molecule has 1 N–H and O–H groups in total. The Labute approximate surface area is 230 Å². The number of hydrogen-bond donors (Lipinski definition) is 1. The molecule has 1 saturated heterocycles. The summed E-state index contributed by atoms with van der Waals surface area (Å²) in [6.07, 6.45) is 0.416. The Bertz CT molecular complexity index is 1530. The van der Waals surface area contributed by atoms with Crippen molar-refractivity contribution in [2.75, 3.05) is 44.7 Å². The van der Waals surface area contributed by atoms with Crippen molar-refractivity contribution < 1.29 is 26.0 Å².